The summed E-state index contributed by atoms with van der Waals surface area (Å²) in [6, 6.07) is 4.09. The van der Waals surface area contributed by atoms with Gasteiger partial charge in [-0.25, -0.2) is 9.18 Å². The summed E-state index contributed by atoms with van der Waals surface area (Å²) in [5.74, 6) is -1.16. The lowest BCUT2D eigenvalue weighted by molar-refractivity contribution is -0.158. The Hall–Kier alpha value is -1.14. The third kappa shape index (κ3) is 3.67. The molecule has 17 heavy (non-hydrogen) atoms. The minimum atomic E-state index is -1.67. The van der Waals surface area contributed by atoms with E-state index in [0.717, 1.165) is 0 Å². The van der Waals surface area contributed by atoms with E-state index in [-0.39, 0.29) is 6.54 Å². The molecule has 0 aliphatic carbocycles. The van der Waals surface area contributed by atoms with Gasteiger partial charge in [0.15, 0.2) is 5.60 Å². The topological polar surface area (TPSA) is 58.6 Å². The molecule has 0 saturated carbocycles. The first-order valence-electron chi connectivity index (χ1n) is 4.86. The predicted molar refractivity (Wildman–Crippen MR) is 65.2 cm³/mol. The van der Waals surface area contributed by atoms with Crippen LogP contribution in [-0.4, -0.2) is 30.3 Å². The summed E-state index contributed by atoms with van der Waals surface area (Å²) < 4.78 is 18.1. The van der Waals surface area contributed by atoms with E-state index >= 15 is 0 Å². The lowest BCUT2D eigenvalue weighted by Crippen LogP contribution is -2.42. The number of esters is 1. The van der Waals surface area contributed by atoms with Gasteiger partial charge in [-0.2, -0.15) is 0 Å². The van der Waals surface area contributed by atoms with Crippen LogP contribution < -0.4 is 5.32 Å². The van der Waals surface area contributed by atoms with Crippen LogP contribution in [0.4, 0.5) is 10.1 Å². The van der Waals surface area contributed by atoms with Crippen LogP contribution in [0, 0.1) is 5.82 Å². The van der Waals surface area contributed by atoms with Gasteiger partial charge in [-0.3, -0.25) is 0 Å². The number of anilines is 1. The van der Waals surface area contributed by atoms with Crippen LogP contribution in [0.15, 0.2) is 22.7 Å². The fraction of sp³-hybridized carbons (Fsp3) is 0.364. The van der Waals surface area contributed by atoms with Crippen molar-refractivity contribution in [2.75, 3.05) is 19.0 Å². The number of hydrogen-bond donors (Lipinski definition) is 2. The van der Waals surface area contributed by atoms with Crippen molar-refractivity contribution >= 4 is 27.6 Å². The van der Waals surface area contributed by atoms with E-state index < -0.39 is 17.4 Å². The largest absolute Gasteiger partial charge is 0.467 e. The number of ether oxygens (including phenoxy) is 1. The highest BCUT2D eigenvalue weighted by molar-refractivity contribution is 9.10. The first-order valence-corrected chi connectivity index (χ1v) is 5.66. The average Bonchev–Trinajstić information content (AvgIpc) is 2.29. The molecule has 0 spiro atoms. The smallest absolute Gasteiger partial charge is 0.339 e. The number of halogens is 2. The number of aliphatic hydroxyl groups is 1. The zero-order chi connectivity index (χ0) is 13.1. The Morgan fingerprint density at radius 2 is 2.29 bits per heavy atom. The maximum absolute atomic E-state index is 13.0. The average molecular weight is 306 g/mol. The summed E-state index contributed by atoms with van der Waals surface area (Å²) in [6.07, 6.45) is 0. The van der Waals surface area contributed by atoms with Crippen LogP contribution in [0.3, 0.4) is 0 Å². The van der Waals surface area contributed by atoms with Gasteiger partial charge in [0.05, 0.1) is 19.3 Å². The number of benzene rings is 1. The second-order valence-corrected chi connectivity index (χ2v) is 4.60. The van der Waals surface area contributed by atoms with Gasteiger partial charge in [0, 0.05) is 4.47 Å². The predicted octanol–water partition coefficient (Wildman–Crippen LogP) is 1.92. The summed E-state index contributed by atoms with van der Waals surface area (Å²) >= 11 is 3.23. The lowest BCUT2D eigenvalue weighted by Gasteiger charge is -2.21. The van der Waals surface area contributed by atoms with Gasteiger partial charge < -0.3 is 15.2 Å². The standard InChI is InChI=1S/C11H13BrFNO3/c1-11(16,10(15)17-2)6-14-9-5-7(13)3-4-8(9)12/h3-5,14,16H,6H2,1-2H3. The molecule has 1 atom stereocenters. The number of carbonyl (C=O) groups is 1. The molecule has 2 N–H and O–H groups in total. The van der Waals surface area contributed by atoms with Crippen molar-refractivity contribution < 1.29 is 19.0 Å². The van der Waals surface area contributed by atoms with Gasteiger partial charge in [-0.1, -0.05) is 0 Å². The first-order chi connectivity index (χ1) is 7.86. The molecule has 0 bridgehead atoms. The highest BCUT2D eigenvalue weighted by Crippen LogP contribution is 2.23. The lowest BCUT2D eigenvalue weighted by atomic mass is 10.1. The zero-order valence-electron chi connectivity index (χ0n) is 9.46. The third-order valence-corrected chi connectivity index (χ3v) is 2.87. The third-order valence-electron chi connectivity index (χ3n) is 2.18. The Morgan fingerprint density at radius 1 is 1.65 bits per heavy atom. The molecule has 1 rings (SSSR count). The van der Waals surface area contributed by atoms with Crippen molar-refractivity contribution in [2.24, 2.45) is 0 Å². The quantitative estimate of drug-likeness (QED) is 0.835. The second-order valence-electron chi connectivity index (χ2n) is 3.74. The maximum Gasteiger partial charge on any atom is 0.339 e. The molecule has 1 aromatic carbocycles. The van der Waals surface area contributed by atoms with Gasteiger partial charge in [-0.05, 0) is 41.1 Å². The van der Waals surface area contributed by atoms with E-state index in [2.05, 4.69) is 26.0 Å². The van der Waals surface area contributed by atoms with E-state index in [1.54, 1.807) is 0 Å². The number of carbonyl (C=O) groups excluding carboxylic acids is 1. The van der Waals surface area contributed by atoms with Gasteiger partial charge in [0.25, 0.3) is 0 Å². The van der Waals surface area contributed by atoms with Crippen LogP contribution in [-0.2, 0) is 9.53 Å². The highest BCUT2D eigenvalue weighted by Gasteiger charge is 2.31. The molecule has 0 fully saturated rings. The van der Waals surface area contributed by atoms with Crippen LogP contribution >= 0.6 is 15.9 Å². The van der Waals surface area contributed by atoms with Crippen LogP contribution in [0.2, 0.25) is 0 Å². The molecule has 1 aromatic rings. The molecule has 0 saturated heterocycles. The Kier molecular flexibility index (Phi) is 4.47. The summed E-state index contributed by atoms with van der Waals surface area (Å²) in [4.78, 5) is 11.2. The Balaban J connectivity index is 2.73. The van der Waals surface area contributed by atoms with Crippen molar-refractivity contribution in [1.82, 2.24) is 0 Å². The van der Waals surface area contributed by atoms with Crippen molar-refractivity contribution in [3.63, 3.8) is 0 Å². The van der Waals surface area contributed by atoms with Gasteiger partial charge in [-0.15, -0.1) is 0 Å². The van der Waals surface area contributed by atoms with Crippen molar-refractivity contribution in [3.8, 4) is 0 Å². The van der Waals surface area contributed by atoms with E-state index in [0.29, 0.717) is 10.2 Å². The van der Waals surface area contributed by atoms with E-state index in [1.807, 2.05) is 0 Å². The molecule has 0 radical (unpaired) electrons. The summed E-state index contributed by atoms with van der Waals surface area (Å²) in [5.41, 5.74) is -1.21. The van der Waals surface area contributed by atoms with Crippen LogP contribution in [0.1, 0.15) is 6.92 Å². The number of rotatable bonds is 4. The molecule has 4 nitrogen and oxygen atoms in total. The van der Waals surface area contributed by atoms with Gasteiger partial charge in [0.2, 0.25) is 0 Å². The van der Waals surface area contributed by atoms with E-state index in [4.69, 9.17) is 0 Å². The molecular weight excluding hydrogens is 293 g/mol. The summed E-state index contributed by atoms with van der Waals surface area (Å²) in [6.45, 7) is 1.24. The van der Waals surface area contributed by atoms with Gasteiger partial charge >= 0.3 is 5.97 Å². The molecule has 94 valence electrons. The molecule has 6 heteroatoms. The minimum absolute atomic E-state index is 0.0816. The normalized spacial score (nSPS) is 13.9. The van der Waals surface area contributed by atoms with Crippen molar-refractivity contribution in [2.45, 2.75) is 12.5 Å². The molecule has 1 unspecified atom stereocenters. The van der Waals surface area contributed by atoms with Crippen LogP contribution in [0.5, 0.6) is 0 Å². The molecule has 0 aromatic heterocycles. The van der Waals surface area contributed by atoms with Crippen molar-refractivity contribution in [3.05, 3.63) is 28.5 Å². The minimum Gasteiger partial charge on any atom is -0.467 e. The molecule has 0 heterocycles. The molecular formula is C11H13BrFNO3. The second kappa shape index (κ2) is 5.46. The number of hydrogen-bond acceptors (Lipinski definition) is 4. The Labute approximate surface area is 107 Å². The SMILES string of the molecule is COC(=O)C(C)(O)CNc1cc(F)ccc1Br. The maximum atomic E-state index is 13.0. The fourth-order valence-corrected chi connectivity index (χ4v) is 1.58. The Morgan fingerprint density at radius 3 is 2.88 bits per heavy atom. The number of nitrogens with one attached hydrogen (secondary N) is 1. The summed E-state index contributed by atoms with van der Waals surface area (Å²) in [7, 11) is 1.19. The molecule has 0 aliphatic rings. The molecule has 0 aliphatic heterocycles. The highest BCUT2D eigenvalue weighted by atomic mass is 79.9. The van der Waals surface area contributed by atoms with Gasteiger partial charge in [0.1, 0.15) is 5.82 Å². The van der Waals surface area contributed by atoms with E-state index in [1.165, 1.54) is 32.2 Å². The monoisotopic (exact) mass is 305 g/mol. The Bertz CT molecular complexity index is 423. The zero-order valence-corrected chi connectivity index (χ0v) is 11.0. The van der Waals surface area contributed by atoms with Crippen LogP contribution in [0.25, 0.3) is 0 Å². The fourth-order valence-electron chi connectivity index (χ4n) is 1.19. The summed E-state index contributed by atoms with van der Waals surface area (Å²) in [5, 5.41) is 12.5. The van der Waals surface area contributed by atoms with E-state index in [9.17, 15) is 14.3 Å². The first kappa shape index (κ1) is 13.9. The number of methoxy groups -OCH3 is 1. The van der Waals surface area contributed by atoms with Crippen molar-refractivity contribution in [1.29, 1.82) is 0 Å². The molecule has 0 amide bonds.